The molecule has 1 heterocycles. The average Bonchev–Trinajstić information content (AvgIpc) is 2.78. The van der Waals surface area contributed by atoms with Crippen molar-refractivity contribution in [3.63, 3.8) is 0 Å². The van der Waals surface area contributed by atoms with Gasteiger partial charge in [0.25, 0.3) is 5.91 Å². The molecule has 0 radical (unpaired) electrons. The largest absolute Gasteiger partial charge is 0.487 e. The molecule has 0 aromatic heterocycles. The van der Waals surface area contributed by atoms with Gasteiger partial charge in [0.15, 0.2) is 0 Å². The van der Waals surface area contributed by atoms with Crippen LogP contribution < -0.4 is 10.1 Å². The maximum atomic E-state index is 13.2. The lowest BCUT2D eigenvalue weighted by molar-refractivity contribution is -0.160. The number of hydrogen-bond acceptors (Lipinski definition) is 4. The van der Waals surface area contributed by atoms with Crippen LogP contribution in [-0.4, -0.2) is 36.2 Å². The summed E-state index contributed by atoms with van der Waals surface area (Å²) in [5, 5.41) is 13.6. The van der Waals surface area contributed by atoms with E-state index in [1.165, 1.54) is 18.2 Å². The molecule has 1 amide bonds. The number of alkyl halides is 3. The Hall–Kier alpha value is -3.59. The molecule has 9 heteroatoms. The van der Waals surface area contributed by atoms with E-state index in [-0.39, 0.29) is 31.1 Å². The minimum absolute atomic E-state index is 0.0830. The van der Waals surface area contributed by atoms with E-state index in [1.807, 2.05) is 12.1 Å². The van der Waals surface area contributed by atoms with Crippen molar-refractivity contribution < 1.29 is 37.3 Å². The minimum atomic E-state index is -4.44. The van der Waals surface area contributed by atoms with Gasteiger partial charge < -0.3 is 19.9 Å². The Labute approximate surface area is 193 Å². The number of nitrogens with one attached hydrogen (secondary N) is 1. The lowest BCUT2D eigenvalue weighted by Crippen LogP contribution is -2.59. The van der Waals surface area contributed by atoms with Gasteiger partial charge in [0.2, 0.25) is 0 Å². The number of halogens is 3. The Kier molecular flexibility index (Phi) is 6.22. The van der Waals surface area contributed by atoms with Crippen molar-refractivity contribution in [3.05, 3.63) is 77.4 Å². The molecule has 3 aromatic rings. The Morgan fingerprint density at radius 1 is 1.09 bits per heavy atom. The number of carboxylic acids is 1. The number of benzene rings is 3. The molecule has 0 spiro atoms. The van der Waals surface area contributed by atoms with E-state index < -0.39 is 35.1 Å². The first kappa shape index (κ1) is 23.6. The van der Waals surface area contributed by atoms with Crippen molar-refractivity contribution in [3.8, 4) is 5.75 Å². The number of hydrogen-bond donors (Lipinski definition) is 2. The first-order valence-electron chi connectivity index (χ1n) is 10.5. The summed E-state index contributed by atoms with van der Waals surface area (Å²) < 4.78 is 49.6. The van der Waals surface area contributed by atoms with E-state index in [4.69, 9.17) is 9.47 Å². The highest BCUT2D eigenvalue weighted by Gasteiger charge is 2.46. The van der Waals surface area contributed by atoms with Crippen LogP contribution in [0.2, 0.25) is 0 Å². The molecular formula is C25H22F3NO5. The van der Waals surface area contributed by atoms with Crippen LogP contribution in [0.4, 0.5) is 13.2 Å². The second kappa shape index (κ2) is 8.98. The zero-order chi connectivity index (χ0) is 24.5. The van der Waals surface area contributed by atoms with Gasteiger partial charge >= 0.3 is 12.1 Å². The molecule has 34 heavy (non-hydrogen) atoms. The van der Waals surface area contributed by atoms with E-state index in [1.54, 1.807) is 25.1 Å². The number of carbonyl (C=O) groups is 2. The van der Waals surface area contributed by atoms with Gasteiger partial charge in [-0.25, -0.2) is 4.79 Å². The van der Waals surface area contributed by atoms with Crippen LogP contribution in [-0.2, 0) is 22.3 Å². The van der Waals surface area contributed by atoms with E-state index >= 15 is 0 Å². The zero-order valence-electron chi connectivity index (χ0n) is 18.2. The number of ether oxygens (including phenoxy) is 2. The molecule has 3 aromatic carbocycles. The van der Waals surface area contributed by atoms with Crippen LogP contribution in [0.1, 0.15) is 28.4 Å². The second-order valence-electron chi connectivity index (χ2n) is 8.54. The van der Waals surface area contributed by atoms with Gasteiger partial charge in [0, 0.05) is 10.8 Å². The van der Waals surface area contributed by atoms with Crippen molar-refractivity contribution >= 4 is 22.6 Å². The summed E-state index contributed by atoms with van der Waals surface area (Å²) in [5.41, 5.74) is -0.898. The summed E-state index contributed by atoms with van der Waals surface area (Å²) >= 11 is 0. The Balaban J connectivity index is 1.63. The molecular weight excluding hydrogens is 451 g/mol. The Morgan fingerprint density at radius 3 is 2.35 bits per heavy atom. The topological polar surface area (TPSA) is 84.9 Å². The normalized spacial score (nSPS) is 15.9. The maximum Gasteiger partial charge on any atom is 0.416 e. The predicted molar refractivity (Wildman–Crippen MR) is 118 cm³/mol. The van der Waals surface area contributed by atoms with Gasteiger partial charge in [-0.2, -0.15) is 13.2 Å². The molecule has 1 saturated heterocycles. The molecule has 1 atom stereocenters. The molecule has 1 fully saturated rings. The van der Waals surface area contributed by atoms with Gasteiger partial charge in [0.1, 0.15) is 18.4 Å². The summed E-state index contributed by atoms with van der Waals surface area (Å²) in [6.45, 7) is 2.05. The van der Waals surface area contributed by atoms with E-state index in [9.17, 15) is 27.9 Å². The molecule has 178 valence electrons. The van der Waals surface area contributed by atoms with Gasteiger partial charge in [-0.1, -0.05) is 49.4 Å². The Morgan fingerprint density at radius 2 is 1.76 bits per heavy atom. The standard InChI is InChI=1S/C25H22F3NO5/c1-24(13-33-14-24)21(23(31)32)29-22(30)19-11-8-16-4-2-3-5-18(16)20(19)34-12-15-6-9-17(10-7-15)25(26,27)28/h2-11,21H,12-14H2,1H3,(H,29,30)(H,31,32). The fourth-order valence-corrected chi connectivity index (χ4v) is 3.86. The summed E-state index contributed by atoms with van der Waals surface area (Å²) in [7, 11) is 0. The molecule has 1 aliphatic heterocycles. The molecule has 0 bridgehead atoms. The number of carbonyl (C=O) groups excluding carboxylic acids is 1. The summed E-state index contributed by atoms with van der Waals surface area (Å²) in [5.74, 6) is -1.59. The second-order valence-corrected chi connectivity index (χ2v) is 8.54. The van der Waals surface area contributed by atoms with Crippen molar-refractivity contribution in [1.82, 2.24) is 5.32 Å². The summed E-state index contributed by atoms with van der Waals surface area (Å²) in [6, 6.07) is 13.8. The first-order valence-corrected chi connectivity index (χ1v) is 10.5. The lowest BCUT2D eigenvalue weighted by Gasteiger charge is -2.42. The molecule has 4 rings (SSSR count). The third-order valence-corrected chi connectivity index (χ3v) is 5.87. The number of carboxylic acid groups (broad SMARTS) is 1. The highest BCUT2D eigenvalue weighted by Crippen LogP contribution is 2.34. The van der Waals surface area contributed by atoms with Crippen LogP contribution in [0.25, 0.3) is 10.8 Å². The smallest absolute Gasteiger partial charge is 0.416 e. The van der Waals surface area contributed by atoms with Crippen LogP contribution >= 0.6 is 0 Å². The minimum Gasteiger partial charge on any atom is -0.487 e. The molecule has 2 N–H and O–H groups in total. The van der Waals surface area contributed by atoms with Gasteiger partial charge in [-0.05, 0) is 29.1 Å². The van der Waals surface area contributed by atoms with Crippen LogP contribution in [0.5, 0.6) is 5.75 Å². The quantitative estimate of drug-likeness (QED) is 0.522. The van der Waals surface area contributed by atoms with Crippen LogP contribution in [0.3, 0.4) is 0 Å². The highest BCUT2D eigenvalue weighted by atomic mass is 19.4. The highest BCUT2D eigenvalue weighted by molar-refractivity contribution is 6.05. The summed E-state index contributed by atoms with van der Waals surface area (Å²) in [6.07, 6.45) is -4.44. The predicted octanol–water partition coefficient (Wildman–Crippen LogP) is 4.66. The first-order chi connectivity index (χ1) is 16.1. The number of amides is 1. The third-order valence-electron chi connectivity index (χ3n) is 5.87. The van der Waals surface area contributed by atoms with Gasteiger partial charge in [-0.3, -0.25) is 4.79 Å². The van der Waals surface area contributed by atoms with Crippen molar-refractivity contribution in [1.29, 1.82) is 0 Å². The van der Waals surface area contributed by atoms with Crippen molar-refractivity contribution in [2.24, 2.45) is 5.41 Å². The SMILES string of the molecule is CC1(C(NC(=O)c2ccc3ccccc3c2OCc2ccc(C(F)(F)F)cc2)C(=O)O)COC1. The maximum absolute atomic E-state index is 13.2. The number of aliphatic carboxylic acids is 1. The van der Waals surface area contributed by atoms with E-state index in [2.05, 4.69) is 5.32 Å². The molecule has 0 aliphatic carbocycles. The fourth-order valence-electron chi connectivity index (χ4n) is 3.86. The van der Waals surface area contributed by atoms with E-state index in [0.717, 1.165) is 17.5 Å². The van der Waals surface area contributed by atoms with E-state index in [0.29, 0.717) is 10.9 Å². The molecule has 0 saturated carbocycles. The Bertz CT molecular complexity index is 1220. The van der Waals surface area contributed by atoms with Crippen LogP contribution in [0, 0.1) is 5.41 Å². The average molecular weight is 473 g/mol. The molecule has 1 aliphatic rings. The summed E-state index contributed by atoms with van der Waals surface area (Å²) in [4.78, 5) is 25.0. The van der Waals surface area contributed by atoms with Crippen LogP contribution in [0.15, 0.2) is 60.7 Å². The monoisotopic (exact) mass is 473 g/mol. The van der Waals surface area contributed by atoms with Crippen molar-refractivity contribution in [2.45, 2.75) is 25.7 Å². The lowest BCUT2D eigenvalue weighted by atomic mass is 9.80. The zero-order valence-corrected chi connectivity index (χ0v) is 18.2. The number of rotatable bonds is 7. The van der Waals surface area contributed by atoms with Gasteiger partial charge in [-0.15, -0.1) is 0 Å². The fraction of sp³-hybridized carbons (Fsp3) is 0.280. The van der Waals surface area contributed by atoms with Crippen molar-refractivity contribution in [2.75, 3.05) is 13.2 Å². The van der Waals surface area contributed by atoms with Gasteiger partial charge in [0.05, 0.1) is 24.3 Å². The number of fused-ring (bicyclic) bond motifs is 1. The molecule has 6 nitrogen and oxygen atoms in total. The molecule has 1 unspecified atom stereocenters. The third kappa shape index (κ3) is 4.70.